The lowest BCUT2D eigenvalue weighted by Crippen LogP contribution is -2.52. The molecule has 6 heteroatoms. The molecule has 1 fully saturated rings. The number of para-hydroxylation sites is 1. The molecule has 0 spiro atoms. The number of halogens is 1. The number of hydrogen-bond donors (Lipinski definition) is 1. The van der Waals surface area contributed by atoms with Crippen LogP contribution in [0.5, 0.6) is 5.75 Å². The molecule has 0 bridgehead atoms. The van der Waals surface area contributed by atoms with Gasteiger partial charge in [0.1, 0.15) is 11.8 Å². The third-order valence-electron chi connectivity index (χ3n) is 6.40. The van der Waals surface area contributed by atoms with Crippen molar-refractivity contribution in [3.8, 4) is 5.75 Å². The van der Waals surface area contributed by atoms with Gasteiger partial charge in [0.25, 0.3) is 5.91 Å². The minimum atomic E-state index is -0.565. The van der Waals surface area contributed by atoms with Crippen molar-refractivity contribution in [2.24, 2.45) is 0 Å². The molecule has 0 saturated heterocycles. The van der Waals surface area contributed by atoms with Gasteiger partial charge in [-0.05, 0) is 54.0 Å². The first-order valence-corrected chi connectivity index (χ1v) is 12.6. The maximum absolute atomic E-state index is 13.5. The summed E-state index contributed by atoms with van der Waals surface area (Å²) in [5.41, 5.74) is 1.84. The number of carbonyl (C=O) groups excluding carboxylic acids is 2. The van der Waals surface area contributed by atoms with Gasteiger partial charge < -0.3 is 15.0 Å². The average molecular weight is 485 g/mol. The van der Waals surface area contributed by atoms with Gasteiger partial charge in [-0.3, -0.25) is 9.59 Å². The molecule has 3 rings (SSSR count). The molecule has 0 heterocycles. The number of benzene rings is 2. The molecule has 2 aromatic rings. The normalized spacial score (nSPS) is 15.1. The van der Waals surface area contributed by atoms with Gasteiger partial charge in [0.2, 0.25) is 5.91 Å². The summed E-state index contributed by atoms with van der Waals surface area (Å²) in [6.45, 7) is 8.47. The quantitative estimate of drug-likeness (QED) is 0.483. The Kier molecular flexibility index (Phi) is 9.01. The zero-order valence-electron chi connectivity index (χ0n) is 20.8. The van der Waals surface area contributed by atoms with Crippen LogP contribution < -0.4 is 10.1 Å². The first-order chi connectivity index (χ1) is 16.2. The average Bonchev–Trinajstić information content (AvgIpc) is 3.31. The standard InChI is InChI=1S/C28H37ClN2O3/c1-5-24(27(33)30-22-10-6-7-11-22)31(18-20-14-16-21(29)17-15-20)26(32)19-34-25-13-9-8-12-23(25)28(2,3)4/h8-9,12-17,22,24H,5-7,10-11,18-19H2,1-4H3,(H,30,33)/t24-/m0/s1. The Bertz CT molecular complexity index is 962. The Balaban J connectivity index is 1.79. The van der Waals surface area contributed by atoms with Crippen molar-refractivity contribution in [2.75, 3.05) is 6.61 Å². The number of hydrogen-bond acceptors (Lipinski definition) is 3. The molecule has 1 atom stereocenters. The molecule has 0 aromatic heterocycles. The van der Waals surface area contributed by atoms with E-state index >= 15 is 0 Å². The van der Waals surface area contributed by atoms with E-state index < -0.39 is 6.04 Å². The van der Waals surface area contributed by atoms with Crippen LogP contribution in [-0.2, 0) is 21.5 Å². The van der Waals surface area contributed by atoms with Crippen LogP contribution in [0.1, 0.15) is 70.9 Å². The van der Waals surface area contributed by atoms with Crippen LogP contribution in [0.15, 0.2) is 48.5 Å². The van der Waals surface area contributed by atoms with Gasteiger partial charge in [-0.2, -0.15) is 0 Å². The van der Waals surface area contributed by atoms with Gasteiger partial charge >= 0.3 is 0 Å². The number of ether oxygens (including phenoxy) is 1. The number of rotatable bonds is 9. The Morgan fingerprint density at radius 3 is 2.35 bits per heavy atom. The summed E-state index contributed by atoms with van der Waals surface area (Å²) in [5.74, 6) is 0.386. The highest BCUT2D eigenvalue weighted by Gasteiger charge is 2.31. The van der Waals surface area contributed by atoms with Crippen LogP contribution in [0.3, 0.4) is 0 Å². The topological polar surface area (TPSA) is 58.6 Å². The van der Waals surface area contributed by atoms with Crippen LogP contribution in [0, 0.1) is 0 Å². The van der Waals surface area contributed by atoms with E-state index in [2.05, 4.69) is 26.1 Å². The molecule has 0 unspecified atom stereocenters. The fourth-order valence-corrected chi connectivity index (χ4v) is 4.63. The number of nitrogens with one attached hydrogen (secondary N) is 1. The molecular weight excluding hydrogens is 448 g/mol. The highest BCUT2D eigenvalue weighted by atomic mass is 35.5. The third-order valence-corrected chi connectivity index (χ3v) is 6.65. The molecule has 0 aliphatic heterocycles. The largest absolute Gasteiger partial charge is 0.483 e. The minimum absolute atomic E-state index is 0.0909. The van der Waals surface area contributed by atoms with Gasteiger partial charge in [0, 0.05) is 17.6 Å². The summed E-state index contributed by atoms with van der Waals surface area (Å²) in [6, 6.07) is 14.8. The molecule has 1 saturated carbocycles. The molecule has 0 radical (unpaired) electrons. The van der Waals surface area contributed by atoms with Crippen LogP contribution in [-0.4, -0.2) is 35.4 Å². The number of nitrogens with zero attached hydrogens (tertiary/aromatic N) is 1. The van der Waals surface area contributed by atoms with E-state index in [0.717, 1.165) is 36.8 Å². The molecule has 5 nitrogen and oxygen atoms in total. The highest BCUT2D eigenvalue weighted by Crippen LogP contribution is 2.31. The fraction of sp³-hybridized carbons (Fsp3) is 0.500. The Labute approximate surface area is 208 Å². The SMILES string of the molecule is CC[C@@H](C(=O)NC1CCCC1)N(Cc1ccc(Cl)cc1)C(=O)COc1ccccc1C(C)(C)C. The Morgan fingerprint density at radius 2 is 1.74 bits per heavy atom. The summed E-state index contributed by atoms with van der Waals surface area (Å²) in [7, 11) is 0. The number of carbonyl (C=O) groups is 2. The van der Waals surface area contributed by atoms with E-state index in [1.165, 1.54) is 0 Å². The summed E-state index contributed by atoms with van der Waals surface area (Å²) < 4.78 is 6.03. The van der Waals surface area contributed by atoms with Gasteiger partial charge in [-0.1, -0.05) is 82.5 Å². The van der Waals surface area contributed by atoms with E-state index in [1.807, 2.05) is 43.3 Å². The van der Waals surface area contributed by atoms with Crippen molar-refractivity contribution in [2.45, 2.75) is 83.8 Å². The molecule has 1 aliphatic carbocycles. The van der Waals surface area contributed by atoms with Gasteiger partial charge in [-0.15, -0.1) is 0 Å². The first kappa shape index (κ1) is 26.1. The van der Waals surface area contributed by atoms with Crippen molar-refractivity contribution in [3.05, 3.63) is 64.7 Å². The van der Waals surface area contributed by atoms with E-state index in [0.29, 0.717) is 23.7 Å². The van der Waals surface area contributed by atoms with Crippen LogP contribution in [0.2, 0.25) is 5.02 Å². The maximum atomic E-state index is 13.5. The number of amides is 2. The van der Waals surface area contributed by atoms with E-state index in [4.69, 9.17) is 16.3 Å². The van der Waals surface area contributed by atoms with Crippen molar-refractivity contribution in [1.29, 1.82) is 0 Å². The van der Waals surface area contributed by atoms with Gasteiger partial charge in [-0.25, -0.2) is 0 Å². The van der Waals surface area contributed by atoms with E-state index in [9.17, 15) is 9.59 Å². The summed E-state index contributed by atoms with van der Waals surface area (Å²) in [6.07, 6.45) is 4.79. The summed E-state index contributed by atoms with van der Waals surface area (Å²) in [4.78, 5) is 28.3. The smallest absolute Gasteiger partial charge is 0.261 e. The third kappa shape index (κ3) is 6.99. The summed E-state index contributed by atoms with van der Waals surface area (Å²) in [5, 5.41) is 3.80. The van der Waals surface area contributed by atoms with Crippen molar-refractivity contribution in [3.63, 3.8) is 0 Å². The second-order valence-corrected chi connectivity index (χ2v) is 10.5. The Hall–Kier alpha value is -2.53. The van der Waals surface area contributed by atoms with Crippen molar-refractivity contribution < 1.29 is 14.3 Å². The maximum Gasteiger partial charge on any atom is 0.261 e. The fourth-order valence-electron chi connectivity index (χ4n) is 4.51. The lowest BCUT2D eigenvalue weighted by atomic mass is 9.86. The predicted octanol–water partition coefficient (Wildman–Crippen LogP) is 5.88. The monoisotopic (exact) mass is 484 g/mol. The van der Waals surface area contributed by atoms with Crippen LogP contribution in [0.4, 0.5) is 0 Å². The molecule has 2 aromatic carbocycles. The summed E-state index contributed by atoms with van der Waals surface area (Å²) >= 11 is 6.05. The predicted molar refractivity (Wildman–Crippen MR) is 137 cm³/mol. The van der Waals surface area contributed by atoms with E-state index in [1.54, 1.807) is 17.0 Å². The van der Waals surface area contributed by atoms with Gasteiger partial charge in [0.05, 0.1) is 0 Å². The second-order valence-electron chi connectivity index (χ2n) is 10.1. The minimum Gasteiger partial charge on any atom is -0.483 e. The van der Waals surface area contributed by atoms with Gasteiger partial charge in [0.15, 0.2) is 6.61 Å². The van der Waals surface area contributed by atoms with Crippen molar-refractivity contribution >= 4 is 23.4 Å². The molecule has 2 amide bonds. The van der Waals surface area contributed by atoms with Crippen LogP contribution in [0.25, 0.3) is 0 Å². The first-order valence-electron chi connectivity index (χ1n) is 12.3. The molecule has 1 aliphatic rings. The Morgan fingerprint density at radius 1 is 1.09 bits per heavy atom. The lowest BCUT2D eigenvalue weighted by molar-refractivity contribution is -0.143. The molecule has 34 heavy (non-hydrogen) atoms. The lowest BCUT2D eigenvalue weighted by Gasteiger charge is -2.32. The zero-order valence-corrected chi connectivity index (χ0v) is 21.5. The zero-order chi connectivity index (χ0) is 24.7. The highest BCUT2D eigenvalue weighted by molar-refractivity contribution is 6.30. The van der Waals surface area contributed by atoms with Crippen LogP contribution >= 0.6 is 11.6 Å². The molecule has 1 N–H and O–H groups in total. The molecule has 184 valence electrons. The second kappa shape index (κ2) is 11.7. The van der Waals surface area contributed by atoms with Crippen molar-refractivity contribution in [1.82, 2.24) is 10.2 Å². The molecular formula is C28H37ClN2O3. The van der Waals surface area contributed by atoms with E-state index in [-0.39, 0.29) is 29.9 Å².